The monoisotopic (exact) mass is 504 g/mol. The predicted octanol–water partition coefficient (Wildman–Crippen LogP) is 9.25. The van der Waals surface area contributed by atoms with Crippen molar-refractivity contribution in [3.05, 3.63) is 117 Å². The number of rotatable bonds is 9. The van der Waals surface area contributed by atoms with Gasteiger partial charge in [-0.1, -0.05) is 74.7 Å². The Kier molecular flexibility index (Phi) is 7.34. The van der Waals surface area contributed by atoms with E-state index < -0.39 is 5.41 Å². The Morgan fingerprint density at radius 2 is 1.05 bits per heavy atom. The van der Waals surface area contributed by atoms with E-state index in [1.807, 2.05) is 0 Å². The highest BCUT2D eigenvalue weighted by atomic mass is 16.5. The zero-order valence-corrected chi connectivity index (χ0v) is 23.8. The summed E-state index contributed by atoms with van der Waals surface area (Å²) in [7, 11) is 1.73. The van der Waals surface area contributed by atoms with Gasteiger partial charge in [0.25, 0.3) is 0 Å². The van der Waals surface area contributed by atoms with E-state index in [0.29, 0.717) is 0 Å². The Labute approximate surface area is 228 Å². The molecular formula is C36H40O2. The van der Waals surface area contributed by atoms with Crippen LogP contribution < -0.4 is 9.47 Å². The minimum atomic E-state index is -0.423. The summed E-state index contributed by atoms with van der Waals surface area (Å²) < 4.78 is 11.7. The van der Waals surface area contributed by atoms with Crippen molar-refractivity contribution < 1.29 is 9.47 Å². The molecule has 0 atom stereocenters. The molecule has 0 aromatic heterocycles. The number of methoxy groups -OCH3 is 1. The molecule has 0 amide bonds. The van der Waals surface area contributed by atoms with Gasteiger partial charge in [-0.25, -0.2) is 0 Å². The fourth-order valence-corrected chi connectivity index (χ4v) is 5.99. The molecule has 2 heteroatoms. The highest BCUT2D eigenvalue weighted by Gasteiger charge is 2.46. The standard InChI is InChI=1S/C36H40O2/c1-7-8-9-10-19-38-31-17-13-29(14-18-31)36(28-11-15-30(37-6)16-12-28)34-22-26(4)24(2)20-32(34)33-21-25(3)27(5)23-35(33)36/h11-18,20-23H,7-10,19H2,1-6H3. The topological polar surface area (TPSA) is 18.5 Å². The molecule has 38 heavy (non-hydrogen) atoms. The number of aryl methyl sites for hydroxylation is 4. The van der Waals surface area contributed by atoms with Crippen molar-refractivity contribution in [3.63, 3.8) is 0 Å². The third kappa shape index (κ3) is 4.41. The number of unbranched alkanes of at least 4 members (excludes halogenated alkanes) is 3. The van der Waals surface area contributed by atoms with Gasteiger partial charge in [0.1, 0.15) is 11.5 Å². The minimum absolute atomic E-state index is 0.423. The van der Waals surface area contributed by atoms with Crippen LogP contribution >= 0.6 is 0 Å². The highest BCUT2D eigenvalue weighted by Crippen LogP contribution is 2.57. The summed E-state index contributed by atoms with van der Waals surface area (Å²) in [6, 6.07) is 27.1. The molecule has 0 heterocycles. The average Bonchev–Trinajstić information content (AvgIpc) is 3.18. The third-order valence-electron chi connectivity index (χ3n) is 8.44. The van der Waals surface area contributed by atoms with Crippen molar-refractivity contribution >= 4 is 0 Å². The fraction of sp³-hybridized carbons (Fsp3) is 0.333. The summed E-state index contributed by atoms with van der Waals surface area (Å²) in [4.78, 5) is 0. The van der Waals surface area contributed by atoms with E-state index in [-0.39, 0.29) is 0 Å². The van der Waals surface area contributed by atoms with Crippen LogP contribution in [0.25, 0.3) is 11.1 Å². The van der Waals surface area contributed by atoms with Crippen molar-refractivity contribution in [3.8, 4) is 22.6 Å². The first-order valence-corrected chi connectivity index (χ1v) is 14.0. The first-order valence-electron chi connectivity index (χ1n) is 14.0. The maximum absolute atomic E-state index is 6.13. The SMILES string of the molecule is CCCCCCOc1ccc(C2(c3ccc(OC)cc3)c3cc(C)c(C)cc3-c3cc(C)c(C)cc32)cc1. The quantitative estimate of drug-likeness (QED) is 0.186. The second-order valence-corrected chi connectivity index (χ2v) is 10.9. The zero-order valence-electron chi connectivity index (χ0n) is 23.8. The van der Waals surface area contributed by atoms with Gasteiger partial charge < -0.3 is 9.47 Å². The number of fused-ring (bicyclic) bond motifs is 3. The van der Waals surface area contributed by atoms with Crippen LogP contribution in [0.2, 0.25) is 0 Å². The number of ether oxygens (including phenoxy) is 2. The zero-order chi connectivity index (χ0) is 26.9. The molecule has 0 saturated heterocycles. The van der Waals surface area contributed by atoms with Crippen molar-refractivity contribution in [1.82, 2.24) is 0 Å². The van der Waals surface area contributed by atoms with Gasteiger partial charge in [0.2, 0.25) is 0 Å². The first kappa shape index (κ1) is 26.1. The maximum atomic E-state index is 6.13. The highest BCUT2D eigenvalue weighted by molar-refractivity contribution is 5.87. The van der Waals surface area contributed by atoms with Crippen LogP contribution in [0.15, 0.2) is 72.8 Å². The third-order valence-corrected chi connectivity index (χ3v) is 8.44. The summed E-state index contributed by atoms with van der Waals surface area (Å²) in [6.07, 6.45) is 4.83. The molecule has 0 bridgehead atoms. The molecule has 5 rings (SSSR count). The Hall–Kier alpha value is -3.52. The van der Waals surface area contributed by atoms with Crippen LogP contribution in [0.1, 0.15) is 77.1 Å². The molecule has 0 unspecified atom stereocenters. The Morgan fingerprint density at radius 1 is 0.579 bits per heavy atom. The van der Waals surface area contributed by atoms with Crippen LogP contribution in [0.5, 0.6) is 11.5 Å². The number of benzene rings is 4. The lowest BCUT2D eigenvalue weighted by Gasteiger charge is -2.34. The minimum Gasteiger partial charge on any atom is -0.497 e. The van der Waals surface area contributed by atoms with Gasteiger partial charge in [-0.3, -0.25) is 0 Å². The van der Waals surface area contributed by atoms with Crippen LogP contribution in [0.3, 0.4) is 0 Å². The van der Waals surface area contributed by atoms with E-state index in [9.17, 15) is 0 Å². The van der Waals surface area contributed by atoms with Crippen molar-refractivity contribution in [1.29, 1.82) is 0 Å². The normalized spacial score (nSPS) is 13.2. The molecule has 0 spiro atoms. The summed E-state index contributed by atoms with van der Waals surface area (Å²) in [5.74, 6) is 1.81. The Morgan fingerprint density at radius 3 is 1.53 bits per heavy atom. The van der Waals surface area contributed by atoms with E-state index in [1.54, 1.807) is 7.11 Å². The molecule has 0 radical (unpaired) electrons. The van der Waals surface area contributed by atoms with E-state index in [2.05, 4.69) is 107 Å². The van der Waals surface area contributed by atoms with Gasteiger partial charge in [0.05, 0.1) is 19.1 Å². The summed E-state index contributed by atoms with van der Waals surface area (Å²) in [5.41, 5.74) is 12.7. The van der Waals surface area contributed by atoms with E-state index in [4.69, 9.17) is 9.47 Å². The lowest BCUT2D eigenvalue weighted by molar-refractivity contribution is 0.305. The molecule has 196 valence electrons. The van der Waals surface area contributed by atoms with Gasteiger partial charge in [-0.15, -0.1) is 0 Å². The van der Waals surface area contributed by atoms with Crippen molar-refractivity contribution in [2.75, 3.05) is 13.7 Å². The second kappa shape index (κ2) is 10.7. The first-order chi connectivity index (χ1) is 18.4. The molecule has 4 aromatic rings. The van der Waals surface area contributed by atoms with Gasteiger partial charge in [-0.05, 0) is 114 Å². The molecule has 1 aliphatic carbocycles. The van der Waals surface area contributed by atoms with Gasteiger partial charge in [0, 0.05) is 0 Å². The van der Waals surface area contributed by atoms with E-state index >= 15 is 0 Å². The second-order valence-electron chi connectivity index (χ2n) is 10.9. The fourth-order valence-electron chi connectivity index (χ4n) is 5.99. The summed E-state index contributed by atoms with van der Waals surface area (Å²) in [6.45, 7) is 11.9. The largest absolute Gasteiger partial charge is 0.497 e. The molecular weight excluding hydrogens is 464 g/mol. The average molecular weight is 505 g/mol. The Balaban J connectivity index is 1.71. The molecule has 1 aliphatic rings. The molecule has 2 nitrogen and oxygen atoms in total. The summed E-state index contributed by atoms with van der Waals surface area (Å²) >= 11 is 0. The molecule has 4 aromatic carbocycles. The molecule has 0 saturated carbocycles. The predicted molar refractivity (Wildman–Crippen MR) is 159 cm³/mol. The number of hydrogen-bond acceptors (Lipinski definition) is 2. The van der Waals surface area contributed by atoms with Gasteiger partial charge in [-0.2, -0.15) is 0 Å². The van der Waals surface area contributed by atoms with Gasteiger partial charge in [0.15, 0.2) is 0 Å². The van der Waals surface area contributed by atoms with Crippen LogP contribution in [-0.4, -0.2) is 13.7 Å². The molecule has 0 N–H and O–H groups in total. The molecule has 0 aliphatic heterocycles. The number of hydrogen-bond donors (Lipinski definition) is 0. The molecule has 0 fully saturated rings. The van der Waals surface area contributed by atoms with Crippen LogP contribution in [0, 0.1) is 27.7 Å². The van der Waals surface area contributed by atoms with E-state index in [1.165, 1.54) is 74.9 Å². The van der Waals surface area contributed by atoms with E-state index in [0.717, 1.165) is 24.5 Å². The van der Waals surface area contributed by atoms with Gasteiger partial charge >= 0.3 is 0 Å². The van der Waals surface area contributed by atoms with Crippen LogP contribution in [-0.2, 0) is 5.41 Å². The lowest BCUT2D eigenvalue weighted by Crippen LogP contribution is -2.29. The van der Waals surface area contributed by atoms with Crippen molar-refractivity contribution in [2.24, 2.45) is 0 Å². The maximum Gasteiger partial charge on any atom is 0.119 e. The van der Waals surface area contributed by atoms with Crippen molar-refractivity contribution in [2.45, 2.75) is 65.7 Å². The Bertz CT molecular complexity index is 1370. The smallest absolute Gasteiger partial charge is 0.119 e. The lowest BCUT2D eigenvalue weighted by atomic mass is 9.67. The van der Waals surface area contributed by atoms with Crippen LogP contribution in [0.4, 0.5) is 0 Å². The summed E-state index contributed by atoms with van der Waals surface area (Å²) in [5, 5.41) is 0.